The summed E-state index contributed by atoms with van der Waals surface area (Å²) in [6.45, 7) is 4.07. The summed E-state index contributed by atoms with van der Waals surface area (Å²) in [5.41, 5.74) is 5.03. The fourth-order valence-electron chi connectivity index (χ4n) is 1.80. The van der Waals surface area contributed by atoms with E-state index in [1.165, 1.54) is 0 Å². The van der Waals surface area contributed by atoms with Gasteiger partial charge in [0.1, 0.15) is 0 Å². The van der Waals surface area contributed by atoms with Crippen molar-refractivity contribution in [2.45, 2.75) is 13.8 Å². The van der Waals surface area contributed by atoms with E-state index in [0.29, 0.717) is 5.02 Å². The van der Waals surface area contributed by atoms with Gasteiger partial charge in [-0.25, -0.2) is 0 Å². The molecule has 0 atom stereocenters. The topological polar surface area (TPSA) is 36.8 Å². The second-order valence-corrected chi connectivity index (χ2v) is 4.82. The number of halogens is 1. The third-order valence-corrected chi connectivity index (χ3v) is 3.16. The third-order valence-electron chi connectivity index (χ3n) is 2.91. The van der Waals surface area contributed by atoms with Crippen molar-refractivity contribution in [2.75, 3.05) is 12.4 Å². The van der Waals surface area contributed by atoms with Crippen molar-refractivity contribution in [3.05, 3.63) is 52.5 Å². The number of hydrogen-bond acceptors (Lipinski definition) is 3. The molecular formula is C15H16ClN3. The fraction of sp³-hybridized carbons (Fsp3) is 0.200. The number of benzene rings is 2. The molecule has 0 aliphatic carbocycles. The Morgan fingerprint density at radius 2 is 1.63 bits per heavy atom. The maximum absolute atomic E-state index is 5.83. The molecule has 0 saturated carbocycles. The van der Waals surface area contributed by atoms with E-state index in [2.05, 4.69) is 21.6 Å². The van der Waals surface area contributed by atoms with Gasteiger partial charge in [-0.05, 0) is 61.4 Å². The van der Waals surface area contributed by atoms with Crippen LogP contribution in [-0.2, 0) is 0 Å². The fourth-order valence-corrected chi connectivity index (χ4v) is 1.92. The molecule has 0 aromatic heterocycles. The van der Waals surface area contributed by atoms with Crippen LogP contribution < -0.4 is 5.32 Å². The molecule has 98 valence electrons. The minimum Gasteiger partial charge on any atom is -0.388 e. The van der Waals surface area contributed by atoms with Gasteiger partial charge in [0, 0.05) is 17.8 Å². The van der Waals surface area contributed by atoms with Crippen LogP contribution in [-0.4, -0.2) is 7.05 Å². The molecule has 0 unspecified atom stereocenters. The van der Waals surface area contributed by atoms with Crippen molar-refractivity contribution in [3.63, 3.8) is 0 Å². The Hall–Kier alpha value is -1.87. The lowest BCUT2D eigenvalue weighted by molar-refractivity contribution is 1.20. The maximum atomic E-state index is 5.83. The zero-order valence-corrected chi connectivity index (χ0v) is 12.0. The van der Waals surface area contributed by atoms with Gasteiger partial charge in [0.05, 0.1) is 11.4 Å². The van der Waals surface area contributed by atoms with E-state index < -0.39 is 0 Å². The predicted octanol–water partition coefficient (Wildman–Crippen LogP) is 5.41. The third kappa shape index (κ3) is 3.32. The molecule has 4 heteroatoms. The van der Waals surface area contributed by atoms with Crippen LogP contribution in [0.3, 0.4) is 0 Å². The van der Waals surface area contributed by atoms with E-state index in [0.717, 1.165) is 28.2 Å². The first-order chi connectivity index (χ1) is 9.10. The highest BCUT2D eigenvalue weighted by Crippen LogP contribution is 2.28. The zero-order chi connectivity index (χ0) is 13.8. The SMILES string of the molecule is CNc1cc(C)c(/N=N/c2ccc(Cl)cc2)cc1C. The van der Waals surface area contributed by atoms with Gasteiger partial charge in [0.25, 0.3) is 0 Å². The molecule has 0 fully saturated rings. The average molecular weight is 274 g/mol. The smallest absolute Gasteiger partial charge is 0.0890 e. The maximum Gasteiger partial charge on any atom is 0.0890 e. The van der Waals surface area contributed by atoms with E-state index in [1.54, 1.807) is 12.1 Å². The first-order valence-corrected chi connectivity index (χ1v) is 6.44. The largest absolute Gasteiger partial charge is 0.388 e. The van der Waals surface area contributed by atoms with Crippen LogP contribution >= 0.6 is 11.6 Å². The number of nitrogens with zero attached hydrogens (tertiary/aromatic N) is 2. The molecule has 0 spiro atoms. The van der Waals surface area contributed by atoms with Crippen LogP contribution in [0.4, 0.5) is 17.1 Å². The normalized spacial score (nSPS) is 10.9. The Morgan fingerprint density at radius 1 is 0.947 bits per heavy atom. The summed E-state index contributed by atoms with van der Waals surface area (Å²) < 4.78 is 0. The van der Waals surface area contributed by atoms with E-state index in [9.17, 15) is 0 Å². The Kier molecular flexibility index (Phi) is 4.17. The van der Waals surface area contributed by atoms with E-state index in [1.807, 2.05) is 39.1 Å². The number of nitrogens with one attached hydrogen (secondary N) is 1. The molecule has 2 aromatic carbocycles. The van der Waals surface area contributed by atoms with E-state index in [-0.39, 0.29) is 0 Å². The lowest BCUT2D eigenvalue weighted by atomic mass is 10.1. The standard InChI is InChI=1S/C15H16ClN3/c1-10-9-15(11(2)8-14(10)17-3)19-18-13-6-4-12(16)5-7-13/h4-9,17H,1-3H3/b19-18+. The van der Waals surface area contributed by atoms with Gasteiger partial charge in [-0.3, -0.25) is 0 Å². The number of hydrogen-bond donors (Lipinski definition) is 1. The molecule has 2 rings (SSSR count). The lowest BCUT2D eigenvalue weighted by Gasteiger charge is -2.08. The summed E-state index contributed by atoms with van der Waals surface area (Å²) in [5, 5.41) is 12.4. The first-order valence-electron chi connectivity index (χ1n) is 6.06. The second kappa shape index (κ2) is 5.85. The molecule has 0 bridgehead atoms. The lowest BCUT2D eigenvalue weighted by Crippen LogP contribution is -1.92. The van der Waals surface area contributed by atoms with Crippen LogP contribution in [0.15, 0.2) is 46.6 Å². The van der Waals surface area contributed by atoms with Gasteiger partial charge >= 0.3 is 0 Å². The number of anilines is 1. The Labute approximate surface area is 118 Å². The average Bonchev–Trinajstić information content (AvgIpc) is 2.41. The van der Waals surface area contributed by atoms with Gasteiger partial charge in [0.2, 0.25) is 0 Å². The van der Waals surface area contributed by atoms with Crippen LogP contribution in [0.2, 0.25) is 5.02 Å². The molecule has 0 aliphatic rings. The monoisotopic (exact) mass is 273 g/mol. The van der Waals surface area contributed by atoms with Crippen LogP contribution in [0.5, 0.6) is 0 Å². The van der Waals surface area contributed by atoms with Crippen LogP contribution in [0, 0.1) is 13.8 Å². The van der Waals surface area contributed by atoms with Crippen molar-refractivity contribution >= 4 is 28.7 Å². The summed E-state index contributed by atoms with van der Waals surface area (Å²) in [7, 11) is 1.91. The molecule has 0 radical (unpaired) electrons. The van der Waals surface area contributed by atoms with Gasteiger partial charge in [0.15, 0.2) is 0 Å². The Bertz CT molecular complexity index is 604. The second-order valence-electron chi connectivity index (χ2n) is 4.38. The molecule has 3 nitrogen and oxygen atoms in total. The summed E-state index contributed by atoms with van der Waals surface area (Å²) in [4.78, 5) is 0. The predicted molar refractivity (Wildman–Crippen MR) is 81.1 cm³/mol. The highest BCUT2D eigenvalue weighted by atomic mass is 35.5. The molecule has 0 amide bonds. The van der Waals surface area contributed by atoms with Crippen LogP contribution in [0.25, 0.3) is 0 Å². The number of rotatable bonds is 3. The summed E-state index contributed by atoms with van der Waals surface area (Å²) in [6.07, 6.45) is 0. The first kappa shape index (κ1) is 13.6. The van der Waals surface area contributed by atoms with Crippen molar-refractivity contribution in [2.24, 2.45) is 10.2 Å². The summed E-state index contributed by atoms with van der Waals surface area (Å²) >= 11 is 5.83. The highest BCUT2D eigenvalue weighted by Gasteiger charge is 2.02. The molecular weight excluding hydrogens is 258 g/mol. The Balaban J connectivity index is 2.28. The van der Waals surface area contributed by atoms with Crippen molar-refractivity contribution in [3.8, 4) is 0 Å². The molecule has 0 saturated heterocycles. The molecule has 0 aliphatic heterocycles. The van der Waals surface area contributed by atoms with Crippen LogP contribution in [0.1, 0.15) is 11.1 Å². The summed E-state index contributed by atoms with van der Waals surface area (Å²) in [6, 6.07) is 11.4. The van der Waals surface area contributed by atoms with Crippen molar-refractivity contribution in [1.82, 2.24) is 0 Å². The van der Waals surface area contributed by atoms with E-state index >= 15 is 0 Å². The van der Waals surface area contributed by atoms with Crippen molar-refractivity contribution in [1.29, 1.82) is 0 Å². The van der Waals surface area contributed by atoms with Gasteiger partial charge in [-0.2, -0.15) is 10.2 Å². The molecule has 19 heavy (non-hydrogen) atoms. The molecule has 0 heterocycles. The van der Waals surface area contributed by atoms with Crippen molar-refractivity contribution < 1.29 is 0 Å². The highest BCUT2D eigenvalue weighted by molar-refractivity contribution is 6.30. The van der Waals surface area contributed by atoms with Gasteiger partial charge in [-0.15, -0.1) is 0 Å². The minimum absolute atomic E-state index is 0.698. The van der Waals surface area contributed by atoms with Gasteiger partial charge in [-0.1, -0.05) is 11.6 Å². The number of aryl methyl sites for hydroxylation is 2. The quantitative estimate of drug-likeness (QED) is 0.746. The zero-order valence-electron chi connectivity index (χ0n) is 11.2. The summed E-state index contributed by atoms with van der Waals surface area (Å²) in [5.74, 6) is 0. The Morgan fingerprint density at radius 3 is 2.26 bits per heavy atom. The van der Waals surface area contributed by atoms with E-state index in [4.69, 9.17) is 11.6 Å². The van der Waals surface area contributed by atoms with Gasteiger partial charge < -0.3 is 5.32 Å². The molecule has 2 aromatic rings. The molecule has 1 N–H and O–H groups in total. The number of azo groups is 1. The minimum atomic E-state index is 0.698.